The number of aryl methyl sites for hydroxylation is 1. The summed E-state index contributed by atoms with van der Waals surface area (Å²) in [6.45, 7) is 2.99. The number of aliphatic hydroxyl groups excluding tert-OH is 1. The average Bonchev–Trinajstić information content (AvgIpc) is 2.95. The third-order valence-electron chi connectivity index (χ3n) is 3.37. The number of hydrogen-bond donors (Lipinski definition) is 1. The molecule has 94 valence electrons. The number of rotatable bonds is 1. The van der Waals surface area contributed by atoms with E-state index in [1.807, 2.05) is 29.5 Å². The maximum atomic E-state index is 12.2. The third-order valence-corrected chi connectivity index (χ3v) is 3.37. The van der Waals surface area contributed by atoms with E-state index in [-0.39, 0.29) is 5.91 Å². The summed E-state index contributed by atoms with van der Waals surface area (Å²) in [6.07, 6.45) is 2.02. The number of carbonyl (C=O) groups is 1. The van der Waals surface area contributed by atoms with Crippen molar-refractivity contribution in [2.24, 2.45) is 0 Å². The number of likely N-dealkylation sites (tertiary alicyclic amines) is 1. The number of pyridine rings is 1. The van der Waals surface area contributed by atoms with Gasteiger partial charge in [-0.1, -0.05) is 6.07 Å². The van der Waals surface area contributed by atoms with Gasteiger partial charge in [0.05, 0.1) is 6.10 Å². The van der Waals surface area contributed by atoms with Crippen molar-refractivity contribution < 1.29 is 9.90 Å². The number of amides is 1. The minimum Gasteiger partial charge on any atom is -0.391 e. The van der Waals surface area contributed by atoms with Crippen LogP contribution < -0.4 is 0 Å². The molecule has 1 saturated heterocycles. The maximum Gasteiger partial charge on any atom is 0.274 e. The molecule has 1 aliphatic heterocycles. The van der Waals surface area contributed by atoms with Crippen LogP contribution in [0.4, 0.5) is 0 Å². The van der Waals surface area contributed by atoms with Crippen molar-refractivity contribution in [2.45, 2.75) is 19.4 Å². The second-order valence-electron chi connectivity index (χ2n) is 4.72. The van der Waals surface area contributed by atoms with E-state index < -0.39 is 6.10 Å². The van der Waals surface area contributed by atoms with Crippen LogP contribution in [0.1, 0.15) is 22.6 Å². The first kappa shape index (κ1) is 11.2. The van der Waals surface area contributed by atoms with E-state index in [2.05, 4.69) is 4.98 Å². The van der Waals surface area contributed by atoms with Gasteiger partial charge in [0.1, 0.15) is 11.3 Å². The predicted octanol–water partition coefficient (Wildman–Crippen LogP) is 0.850. The molecule has 1 atom stereocenters. The van der Waals surface area contributed by atoms with Crippen molar-refractivity contribution in [3.8, 4) is 0 Å². The Hall–Kier alpha value is -1.88. The summed E-state index contributed by atoms with van der Waals surface area (Å²) >= 11 is 0. The molecule has 0 aromatic carbocycles. The molecule has 1 N–H and O–H groups in total. The number of imidazole rings is 1. The Bertz CT molecular complexity index is 605. The molecule has 18 heavy (non-hydrogen) atoms. The molecular formula is C13H15N3O2. The van der Waals surface area contributed by atoms with E-state index >= 15 is 0 Å². The summed E-state index contributed by atoms with van der Waals surface area (Å²) in [5.74, 6) is -0.102. The van der Waals surface area contributed by atoms with Gasteiger partial charge in [0.2, 0.25) is 0 Å². The van der Waals surface area contributed by atoms with Crippen LogP contribution in [-0.4, -0.2) is 44.5 Å². The minimum absolute atomic E-state index is 0.102. The number of fused-ring (bicyclic) bond motifs is 1. The minimum atomic E-state index is -0.396. The average molecular weight is 245 g/mol. The Morgan fingerprint density at radius 2 is 2.33 bits per heavy atom. The Kier molecular flexibility index (Phi) is 2.56. The number of aromatic nitrogens is 2. The fraction of sp³-hybridized carbons (Fsp3) is 0.385. The zero-order valence-electron chi connectivity index (χ0n) is 10.2. The van der Waals surface area contributed by atoms with E-state index in [0.717, 1.165) is 11.3 Å². The van der Waals surface area contributed by atoms with Gasteiger partial charge in [-0.05, 0) is 25.5 Å². The van der Waals surface area contributed by atoms with Crippen molar-refractivity contribution in [3.05, 3.63) is 35.8 Å². The molecule has 0 aliphatic carbocycles. The highest BCUT2D eigenvalue weighted by Crippen LogP contribution is 2.14. The highest BCUT2D eigenvalue weighted by Gasteiger charge is 2.26. The third kappa shape index (κ3) is 1.76. The molecule has 5 nitrogen and oxygen atoms in total. The molecule has 1 amide bonds. The molecule has 5 heteroatoms. The largest absolute Gasteiger partial charge is 0.391 e. The fourth-order valence-corrected chi connectivity index (χ4v) is 2.34. The van der Waals surface area contributed by atoms with Crippen LogP contribution in [0, 0.1) is 6.92 Å². The molecule has 0 unspecified atom stereocenters. The van der Waals surface area contributed by atoms with Crippen LogP contribution >= 0.6 is 0 Å². The quantitative estimate of drug-likeness (QED) is 0.810. The van der Waals surface area contributed by atoms with Gasteiger partial charge < -0.3 is 14.4 Å². The highest BCUT2D eigenvalue weighted by atomic mass is 16.3. The Morgan fingerprint density at radius 3 is 3.00 bits per heavy atom. The highest BCUT2D eigenvalue weighted by molar-refractivity contribution is 5.93. The van der Waals surface area contributed by atoms with Crippen molar-refractivity contribution in [1.29, 1.82) is 0 Å². The zero-order valence-corrected chi connectivity index (χ0v) is 10.2. The molecule has 1 fully saturated rings. The summed E-state index contributed by atoms with van der Waals surface area (Å²) < 4.78 is 1.90. The molecule has 3 heterocycles. The summed E-state index contributed by atoms with van der Waals surface area (Å²) in [4.78, 5) is 18.2. The molecule has 0 spiro atoms. The summed E-state index contributed by atoms with van der Waals surface area (Å²) in [5, 5.41) is 9.46. The Morgan fingerprint density at radius 1 is 1.50 bits per heavy atom. The van der Waals surface area contributed by atoms with Crippen LogP contribution in [0.5, 0.6) is 0 Å². The van der Waals surface area contributed by atoms with Crippen LogP contribution in [0.2, 0.25) is 0 Å². The van der Waals surface area contributed by atoms with Crippen LogP contribution in [0.15, 0.2) is 24.4 Å². The fourth-order valence-electron chi connectivity index (χ4n) is 2.34. The first-order chi connectivity index (χ1) is 8.65. The van der Waals surface area contributed by atoms with Gasteiger partial charge in [0, 0.05) is 25.0 Å². The number of aliphatic hydroxyl groups is 1. The second-order valence-corrected chi connectivity index (χ2v) is 4.72. The van der Waals surface area contributed by atoms with Crippen molar-refractivity contribution in [2.75, 3.05) is 13.1 Å². The molecule has 1 aliphatic rings. The van der Waals surface area contributed by atoms with Gasteiger partial charge in [-0.15, -0.1) is 0 Å². The molecular weight excluding hydrogens is 230 g/mol. The second kappa shape index (κ2) is 4.10. The first-order valence-electron chi connectivity index (χ1n) is 6.07. The van der Waals surface area contributed by atoms with Crippen molar-refractivity contribution in [1.82, 2.24) is 14.3 Å². The standard InChI is InChI=1S/C13H15N3O2/c1-9-3-2-4-12-14-11(8-16(9)12)13(18)15-6-5-10(17)7-15/h2-4,8,10,17H,5-7H2,1H3/t10-/m0/s1. The van der Waals surface area contributed by atoms with Crippen molar-refractivity contribution in [3.63, 3.8) is 0 Å². The van der Waals surface area contributed by atoms with Gasteiger partial charge >= 0.3 is 0 Å². The van der Waals surface area contributed by atoms with Crippen LogP contribution in [0.3, 0.4) is 0 Å². The summed E-state index contributed by atoms with van der Waals surface area (Å²) in [7, 11) is 0. The Labute approximate surface area is 105 Å². The Balaban J connectivity index is 1.95. The predicted molar refractivity (Wildman–Crippen MR) is 66.5 cm³/mol. The van der Waals surface area contributed by atoms with Crippen LogP contribution in [-0.2, 0) is 0 Å². The van der Waals surface area contributed by atoms with Gasteiger partial charge in [-0.3, -0.25) is 4.79 Å². The van der Waals surface area contributed by atoms with E-state index in [4.69, 9.17) is 0 Å². The normalized spacial score (nSPS) is 19.7. The lowest BCUT2D eigenvalue weighted by Gasteiger charge is -2.13. The van der Waals surface area contributed by atoms with E-state index in [0.29, 0.717) is 25.2 Å². The number of nitrogens with zero attached hydrogens (tertiary/aromatic N) is 3. The summed E-state index contributed by atoms with van der Waals surface area (Å²) in [5.41, 5.74) is 2.26. The number of β-amino-alcohol motifs (C(OH)–C–C–N with tert-alkyl or cyclic N) is 1. The van der Waals surface area contributed by atoms with E-state index in [1.54, 1.807) is 11.1 Å². The maximum absolute atomic E-state index is 12.2. The molecule has 0 bridgehead atoms. The van der Waals surface area contributed by atoms with Gasteiger partial charge in [0.15, 0.2) is 0 Å². The van der Waals surface area contributed by atoms with Crippen LogP contribution in [0.25, 0.3) is 5.65 Å². The van der Waals surface area contributed by atoms with E-state index in [1.165, 1.54) is 0 Å². The monoisotopic (exact) mass is 245 g/mol. The summed E-state index contributed by atoms with van der Waals surface area (Å²) in [6, 6.07) is 5.77. The first-order valence-corrected chi connectivity index (χ1v) is 6.07. The molecule has 0 saturated carbocycles. The van der Waals surface area contributed by atoms with Gasteiger partial charge in [0.25, 0.3) is 5.91 Å². The topological polar surface area (TPSA) is 57.8 Å². The number of carbonyl (C=O) groups excluding carboxylic acids is 1. The smallest absolute Gasteiger partial charge is 0.274 e. The number of hydrogen-bond acceptors (Lipinski definition) is 3. The SMILES string of the molecule is Cc1cccc2nc(C(=O)N3CC[C@H](O)C3)cn12. The lowest BCUT2D eigenvalue weighted by atomic mass is 10.3. The van der Waals surface area contributed by atoms with Crippen molar-refractivity contribution >= 4 is 11.6 Å². The molecule has 2 aromatic heterocycles. The van der Waals surface area contributed by atoms with Gasteiger partial charge in [-0.2, -0.15) is 0 Å². The molecule has 3 rings (SSSR count). The lowest BCUT2D eigenvalue weighted by molar-refractivity contribution is 0.0760. The lowest BCUT2D eigenvalue weighted by Crippen LogP contribution is -2.29. The van der Waals surface area contributed by atoms with Gasteiger partial charge in [-0.25, -0.2) is 4.98 Å². The molecule has 0 radical (unpaired) electrons. The molecule has 2 aromatic rings. The zero-order chi connectivity index (χ0) is 12.7. The van der Waals surface area contributed by atoms with E-state index in [9.17, 15) is 9.90 Å².